The number of halogens is 2. The van der Waals surface area contributed by atoms with Gasteiger partial charge in [-0.2, -0.15) is 0 Å². The molecule has 25 heavy (non-hydrogen) atoms. The van der Waals surface area contributed by atoms with Crippen molar-refractivity contribution in [1.82, 2.24) is 19.7 Å². The Morgan fingerprint density at radius 3 is 2.64 bits per heavy atom. The molecule has 1 unspecified atom stereocenters. The van der Waals surface area contributed by atoms with Crippen molar-refractivity contribution in [3.05, 3.63) is 52.8 Å². The second kappa shape index (κ2) is 7.56. The third kappa shape index (κ3) is 3.86. The number of hydrogen-bond acceptors (Lipinski definition) is 5. The molecule has 3 aromatic rings. The van der Waals surface area contributed by atoms with Crippen molar-refractivity contribution in [1.29, 1.82) is 0 Å². The number of carbonyl (C=O) groups is 1. The first-order chi connectivity index (χ1) is 12.0. The van der Waals surface area contributed by atoms with Crippen LogP contribution in [0.15, 0.2) is 47.9 Å². The molecule has 0 radical (unpaired) electrons. The molecule has 0 bridgehead atoms. The summed E-state index contributed by atoms with van der Waals surface area (Å²) in [7, 11) is 0. The number of hydrogen-bond donors (Lipinski definition) is 0. The Morgan fingerprint density at radius 2 is 2.00 bits per heavy atom. The van der Waals surface area contributed by atoms with Gasteiger partial charge in [-0.3, -0.25) is 14.3 Å². The van der Waals surface area contributed by atoms with Crippen molar-refractivity contribution in [3.8, 4) is 17.1 Å². The van der Waals surface area contributed by atoms with Crippen LogP contribution in [0.2, 0.25) is 10.0 Å². The predicted molar refractivity (Wildman–Crippen MR) is 101 cm³/mol. The van der Waals surface area contributed by atoms with Crippen LogP contribution in [0.1, 0.15) is 13.8 Å². The largest absolute Gasteiger partial charge is 0.299 e. The minimum Gasteiger partial charge on any atom is -0.299 e. The maximum absolute atomic E-state index is 11.6. The first kappa shape index (κ1) is 17.9. The highest BCUT2D eigenvalue weighted by Crippen LogP contribution is 2.32. The molecule has 0 fully saturated rings. The molecule has 2 heterocycles. The molecule has 0 saturated carbocycles. The fourth-order valence-corrected chi connectivity index (χ4v) is 3.29. The highest BCUT2D eigenvalue weighted by atomic mass is 35.5. The monoisotopic (exact) mass is 392 g/mol. The maximum atomic E-state index is 11.6. The minimum absolute atomic E-state index is 0.0663. The van der Waals surface area contributed by atoms with E-state index in [9.17, 15) is 4.79 Å². The van der Waals surface area contributed by atoms with Gasteiger partial charge in [0.25, 0.3) is 0 Å². The van der Waals surface area contributed by atoms with Crippen molar-refractivity contribution in [2.75, 3.05) is 0 Å². The first-order valence-electron chi connectivity index (χ1n) is 7.45. The van der Waals surface area contributed by atoms with Gasteiger partial charge in [0.1, 0.15) is 5.78 Å². The van der Waals surface area contributed by atoms with Gasteiger partial charge in [0.2, 0.25) is 0 Å². The summed E-state index contributed by atoms with van der Waals surface area (Å²) in [5.74, 6) is 0.682. The summed E-state index contributed by atoms with van der Waals surface area (Å²) in [5.41, 5.74) is 1.57. The van der Waals surface area contributed by atoms with Crippen LogP contribution in [-0.4, -0.2) is 30.8 Å². The molecule has 8 heteroatoms. The Kier molecular flexibility index (Phi) is 5.42. The molecule has 0 N–H and O–H groups in total. The molecule has 1 atom stereocenters. The van der Waals surface area contributed by atoms with E-state index < -0.39 is 0 Å². The predicted octanol–water partition coefficient (Wildman–Crippen LogP) is 4.71. The molecule has 3 rings (SSSR count). The zero-order valence-corrected chi connectivity index (χ0v) is 15.8. The number of carbonyl (C=O) groups excluding carboxylic acids is 1. The van der Waals surface area contributed by atoms with Gasteiger partial charge in [-0.1, -0.05) is 35.0 Å². The average molecular weight is 393 g/mol. The lowest BCUT2D eigenvalue weighted by Crippen LogP contribution is -2.10. The zero-order valence-electron chi connectivity index (χ0n) is 13.5. The Labute approximate surface area is 159 Å². The van der Waals surface area contributed by atoms with Gasteiger partial charge in [0.05, 0.1) is 21.0 Å². The molecule has 0 saturated heterocycles. The van der Waals surface area contributed by atoms with E-state index in [2.05, 4.69) is 15.2 Å². The van der Waals surface area contributed by atoms with Crippen molar-refractivity contribution in [3.63, 3.8) is 0 Å². The van der Waals surface area contributed by atoms with Crippen LogP contribution in [0.25, 0.3) is 17.1 Å². The summed E-state index contributed by atoms with van der Waals surface area (Å²) in [6, 6.07) is 9.02. The highest BCUT2D eigenvalue weighted by Gasteiger charge is 2.20. The minimum atomic E-state index is -0.243. The molecule has 1 aromatic carbocycles. The highest BCUT2D eigenvalue weighted by molar-refractivity contribution is 8.00. The molecular formula is C17H14Cl2N4OS. The number of pyridine rings is 1. The normalized spacial score (nSPS) is 12.2. The van der Waals surface area contributed by atoms with Crippen LogP contribution < -0.4 is 0 Å². The summed E-state index contributed by atoms with van der Waals surface area (Å²) in [5, 5.41) is 9.81. The SMILES string of the molecule is CC(=O)C(C)Sc1nnc(-c2cccnc2)n1-c1ccc(Cl)c(Cl)c1. The van der Waals surface area contributed by atoms with E-state index in [1.54, 1.807) is 31.5 Å². The Hall–Kier alpha value is -1.89. The van der Waals surface area contributed by atoms with E-state index in [1.807, 2.05) is 29.7 Å². The Morgan fingerprint density at radius 1 is 1.20 bits per heavy atom. The summed E-state index contributed by atoms with van der Waals surface area (Å²) >= 11 is 13.6. The Balaban J connectivity index is 2.15. The van der Waals surface area contributed by atoms with E-state index in [0.29, 0.717) is 21.0 Å². The maximum Gasteiger partial charge on any atom is 0.196 e. The van der Waals surface area contributed by atoms with E-state index in [1.165, 1.54) is 11.8 Å². The third-order valence-electron chi connectivity index (χ3n) is 3.57. The topological polar surface area (TPSA) is 60.7 Å². The first-order valence-corrected chi connectivity index (χ1v) is 9.09. The number of aromatic nitrogens is 4. The molecule has 0 aliphatic rings. The van der Waals surface area contributed by atoms with E-state index >= 15 is 0 Å². The van der Waals surface area contributed by atoms with Gasteiger partial charge < -0.3 is 0 Å². The number of ketones is 1. The van der Waals surface area contributed by atoms with Crippen molar-refractivity contribution in [2.45, 2.75) is 24.3 Å². The number of Topliss-reactive ketones (excluding diaryl/α,β-unsaturated/α-hetero) is 1. The summed E-state index contributed by atoms with van der Waals surface area (Å²) in [6.45, 7) is 3.39. The quantitative estimate of drug-likeness (QED) is 0.588. The van der Waals surface area contributed by atoms with Crippen LogP contribution in [0.5, 0.6) is 0 Å². The Bertz CT molecular complexity index is 914. The van der Waals surface area contributed by atoms with Crippen molar-refractivity contribution >= 4 is 40.7 Å². The van der Waals surface area contributed by atoms with E-state index in [0.717, 1.165) is 11.3 Å². The molecule has 128 valence electrons. The molecule has 0 aliphatic heterocycles. The van der Waals surface area contributed by atoms with Crippen LogP contribution in [0.3, 0.4) is 0 Å². The average Bonchev–Trinajstić information content (AvgIpc) is 3.01. The molecule has 5 nitrogen and oxygen atoms in total. The molecule has 0 aliphatic carbocycles. The fraction of sp³-hybridized carbons (Fsp3) is 0.176. The lowest BCUT2D eigenvalue weighted by atomic mass is 10.2. The van der Waals surface area contributed by atoms with Gasteiger partial charge >= 0.3 is 0 Å². The number of rotatable bonds is 5. The van der Waals surface area contributed by atoms with Crippen LogP contribution in [0, 0.1) is 0 Å². The third-order valence-corrected chi connectivity index (χ3v) is 5.47. The van der Waals surface area contributed by atoms with Crippen LogP contribution >= 0.6 is 35.0 Å². The summed E-state index contributed by atoms with van der Waals surface area (Å²) in [6.07, 6.45) is 3.40. The second-order valence-electron chi connectivity index (χ2n) is 5.35. The van der Waals surface area contributed by atoms with Crippen LogP contribution in [-0.2, 0) is 4.79 Å². The van der Waals surface area contributed by atoms with E-state index in [4.69, 9.17) is 23.2 Å². The molecular weight excluding hydrogens is 379 g/mol. The smallest absolute Gasteiger partial charge is 0.196 e. The van der Waals surface area contributed by atoms with Crippen molar-refractivity contribution < 1.29 is 4.79 Å². The molecule has 2 aromatic heterocycles. The lowest BCUT2D eigenvalue weighted by molar-refractivity contribution is -0.116. The fourth-order valence-electron chi connectivity index (χ4n) is 2.13. The van der Waals surface area contributed by atoms with E-state index in [-0.39, 0.29) is 11.0 Å². The van der Waals surface area contributed by atoms with Crippen molar-refractivity contribution in [2.24, 2.45) is 0 Å². The van der Waals surface area contributed by atoms with Gasteiger partial charge in [-0.05, 0) is 44.2 Å². The zero-order chi connectivity index (χ0) is 18.0. The molecule has 0 spiro atoms. The van der Waals surface area contributed by atoms with Gasteiger partial charge in [-0.15, -0.1) is 10.2 Å². The number of benzene rings is 1. The lowest BCUT2D eigenvalue weighted by Gasteiger charge is -2.12. The van der Waals surface area contributed by atoms with Crippen LogP contribution in [0.4, 0.5) is 0 Å². The number of thioether (sulfide) groups is 1. The van der Waals surface area contributed by atoms with Gasteiger partial charge in [0, 0.05) is 18.0 Å². The second-order valence-corrected chi connectivity index (χ2v) is 7.47. The molecule has 0 amide bonds. The summed E-state index contributed by atoms with van der Waals surface area (Å²) in [4.78, 5) is 15.8. The number of nitrogens with zero attached hydrogens (tertiary/aromatic N) is 4. The summed E-state index contributed by atoms with van der Waals surface area (Å²) < 4.78 is 1.85. The van der Waals surface area contributed by atoms with Gasteiger partial charge in [0.15, 0.2) is 11.0 Å². The standard InChI is InChI=1S/C17H14Cl2N4OS/c1-10(24)11(2)25-17-22-21-16(12-4-3-7-20-9-12)23(17)13-5-6-14(18)15(19)8-13/h3-9,11H,1-2H3. The van der Waals surface area contributed by atoms with Gasteiger partial charge in [-0.25, -0.2) is 0 Å².